The molecular formula is C12H15ClN2. The molecule has 0 unspecified atom stereocenters. The van der Waals surface area contributed by atoms with Gasteiger partial charge in [-0.3, -0.25) is 0 Å². The fourth-order valence-corrected chi connectivity index (χ4v) is 1.82. The van der Waals surface area contributed by atoms with Crippen LogP contribution in [-0.2, 0) is 0 Å². The monoisotopic (exact) mass is 222 g/mol. The van der Waals surface area contributed by atoms with Crippen molar-refractivity contribution in [3.8, 4) is 0 Å². The Balaban J connectivity index is 2.02. The van der Waals surface area contributed by atoms with E-state index in [1.165, 1.54) is 12.1 Å². The first kappa shape index (κ1) is 10.4. The van der Waals surface area contributed by atoms with Crippen LogP contribution in [0.3, 0.4) is 0 Å². The maximum Gasteiger partial charge on any atom is 0.0941 e. The average Bonchev–Trinajstić information content (AvgIpc) is 2.68. The van der Waals surface area contributed by atoms with E-state index in [0.29, 0.717) is 0 Å². The minimum absolute atomic E-state index is 0.785. The van der Waals surface area contributed by atoms with Crippen molar-refractivity contribution in [1.82, 2.24) is 4.90 Å². The Morgan fingerprint density at radius 3 is 2.60 bits per heavy atom. The molecule has 0 saturated heterocycles. The second-order valence-corrected chi connectivity index (χ2v) is 4.13. The molecular weight excluding hydrogens is 208 g/mol. The molecule has 0 bridgehead atoms. The van der Waals surface area contributed by atoms with Crippen molar-refractivity contribution in [2.24, 2.45) is 0 Å². The van der Waals surface area contributed by atoms with Crippen molar-refractivity contribution in [2.75, 3.05) is 18.1 Å². The largest absolute Gasteiger partial charge is 0.358 e. The number of nitrogens with zero attached hydrogens (tertiary/aromatic N) is 2. The molecule has 0 spiro atoms. The molecule has 1 aromatic carbocycles. The molecule has 15 heavy (non-hydrogen) atoms. The van der Waals surface area contributed by atoms with E-state index in [-0.39, 0.29) is 0 Å². The summed E-state index contributed by atoms with van der Waals surface area (Å²) >= 11 is 5.85. The summed E-state index contributed by atoms with van der Waals surface area (Å²) < 4.78 is 0. The molecule has 2 nitrogen and oxygen atoms in total. The predicted molar refractivity (Wildman–Crippen MR) is 64.9 cm³/mol. The Hall–Kier alpha value is -1.15. The number of rotatable bonds is 3. The minimum atomic E-state index is 0.785. The fourth-order valence-electron chi connectivity index (χ4n) is 1.70. The lowest BCUT2D eigenvalue weighted by Gasteiger charge is -2.20. The third kappa shape index (κ3) is 2.45. The predicted octanol–water partition coefficient (Wildman–Crippen LogP) is 3.30. The van der Waals surface area contributed by atoms with Crippen molar-refractivity contribution in [3.05, 3.63) is 41.7 Å². The highest BCUT2D eigenvalue weighted by Gasteiger charge is 2.12. The maximum absolute atomic E-state index is 5.85. The van der Waals surface area contributed by atoms with Gasteiger partial charge in [0.15, 0.2) is 0 Å². The lowest BCUT2D eigenvalue weighted by Crippen LogP contribution is -2.25. The normalized spacial score (nSPS) is 15.1. The van der Waals surface area contributed by atoms with Gasteiger partial charge in [0.1, 0.15) is 0 Å². The van der Waals surface area contributed by atoms with Crippen LogP contribution in [0.25, 0.3) is 0 Å². The van der Waals surface area contributed by atoms with Crippen LogP contribution in [0, 0.1) is 0 Å². The summed E-state index contributed by atoms with van der Waals surface area (Å²) in [5, 5.41) is 0.785. The SMILES string of the molecule is CCCN1C=CN(c2ccc(Cl)cc2)C1. The molecule has 0 fully saturated rings. The Bertz CT molecular complexity index is 345. The van der Waals surface area contributed by atoms with Gasteiger partial charge in [-0.25, -0.2) is 0 Å². The molecule has 3 heteroatoms. The fraction of sp³-hybridized carbons (Fsp3) is 0.333. The van der Waals surface area contributed by atoms with Crippen LogP contribution in [0.5, 0.6) is 0 Å². The number of anilines is 1. The van der Waals surface area contributed by atoms with Gasteiger partial charge in [0.25, 0.3) is 0 Å². The molecule has 0 saturated carbocycles. The van der Waals surface area contributed by atoms with Crippen LogP contribution in [0.4, 0.5) is 5.69 Å². The van der Waals surface area contributed by atoms with Crippen molar-refractivity contribution >= 4 is 17.3 Å². The molecule has 0 N–H and O–H groups in total. The van der Waals surface area contributed by atoms with E-state index in [2.05, 4.69) is 29.1 Å². The van der Waals surface area contributed by atoms with Gasteiger partial charge in [-0.1, -0.05) is 18.5 Å². The smallest absolute Gasteiger partial charge is 0.0941 e. The molecule has 1 heterocycles. The summed E-state index contributed by atoms with van der Waals surface area (Å²) in [6, 6.07) is 7.94. The zero-order valence-corrected chi connectivity index (χ0v) is 9.61. The van der Waals surface area contributed by atoms with E-state index < -0.39 is 0 Å². The molecule has 0 aliphatic carbocycles. The summed E-state index contributed by atoms with van der Waals surface area (Å²) in [5.41, 5.74) is 1.19. The number of hydrogen-bond donors (Lipinski definition) is 0. The highest BCUT2D eigenvalue weighted by atomic mass is 35.5. The van der Waals surface area contributed by atoms with Crippen LogP contribution in [-0.4, -0.2) is 18.1 Å². The van der Waals surface area contributed by atoms with Crippen LogP contribution < -0.4 is 4.90 Å². The third-order valence-electron chi connectivity index (χ3n) is 2.46. The quantitative estimate of drug-likeness (QED) is 0.775. The zero-order chi connectivity index (χ0) is 10.7. The van der Waals surface area contributed by atoms with Gasteiger partial charge in [-0.15, -0.1) is 0 Å². The molecule has 0 amide bonds. The summed E-state index contributed by atoms with van der Waals surface area (Å²) in [6.45, 7) is 4.24. The highest BCUT2D eigenvalue weighted by molar-refractivity contribution is 6.30. The Labute approximate surface area is 95.7 Å². The lowest BCUT2D eigenvalue weighted by molar-refractivity contribution is 0.406. The van der Waals surface area contributed by atoms with Gasteiger partial charge in [-0.2, -0.15) is 0 Å². The maximum atomic E-state index is 5.85. The second kappa shape index (κ2) is 4.58. The molecule has 1 aliphatic rings. The van der Waals surface area contributed by atoms with Crippen LogP contribution in [0.15, 0.2) is 36.7 Å². The van der Waals surface area contributed by atoms with E-state index in [0.717, 1.165) is 18.2 Å². The first-order chi connectivity index (χ1) is 7.29. The summed E-state index contributed by atoms with van der Waals surface area (Å²) in [5.74, 6) is 0. The molecule has 80 valence electrons. The van der Waals surface area contributed by atoms with E-state index in [4.69, 9.17) is 11.6 Å². The van der Waals surface area contributed by atoms with Crippen molar-refractivity contribution in [1.29, 1.82) is 0 Å². The Morgan fingerprint density at radius 2 is 1.93 bits per heavy atom. The summed E-state index contributed by atoms with van der Waals surface area (Å²) in [4.78, 5) is 4.51. The van der Waals surface area contributed by atoms with Gasteiger partial charge >= 0.3 is 0 Å². The summed E-state index contributed by atoms with van der Waals surface area (Å²) in [7, 11) is 0. The zero-order valence-electron chi connectivity index (χ0n) is 8.86. The number of benzene rings is 1. The molecule has 0 aromatic heterocycles. The highest BCUT2D eigenvalue weighted by Crippen LogP contribution is 2.21. The number of hydrogen-bond acceptors (Lipinski definition) is 2. The van der Waals surface area contributed by atoms with Crippen LogP contribution in [0.2, 0.25) is 5.02 Å². The Morgan fingerprint density at radius 1 is 1.20 bits per heavy atom. The lowest BCUT2D eigenvalue weighted by atomic mass is 10.3. The van der Waals surface area contributed by atoms with Gasteiger partial charge < -0.3 is 9.80 Å². The first-order valence-electron chi connectivity index (χ1n) is 5.24. The van der Waals surface area contributed by atoms with Crippen LogP contribution in [0.1, 0.15) is 13.3 Å². The third-order valence-corrected chi connectivity index (χ3v) is 2.71. The van der Waals surface area contributed by atoms with E-state index in [1.54, 1.807) is 0 Å². The molecule has 0 radical (unpaired) electrons. The molecule has 1 aromatic rings. The standard InChI is InChI=1S/C12H15ClN2/c1-2-7-14-8-9-15(10-14)12-5-3-11(13)4-6-12/h3-6,8-9H,2,7,10H2,1H3. The second-order valence-electron chi connectivity index (χ2n) is 3.70. The molecule has 1 aliphatic heterocycles. The first-order valence-corrected chi connectivity index (χ1v) is 5.62. The van der Waals surface area contributed by atoms with Crippen LogP contribution >= 0.6 is 11.6 Å². The van der Waals surface area contributed by atoms with Gasteiger partial charge in [0, 0.05) is 29.7 Å². The van der Waals surface area contributed by atoms with E-state index in [9.17, 15) is 0 Å². The van der Waals surface area contributed by atoms with E-state index in [1.807, 2.05) is 24.3 Å². The molecule has 0 atom stereocenters. The van der Waals surface area contributed by atoms with Gasteiger partial charge in [0.05, 0.1) is 6.67 Å². The molecule has 2 rings (SSSR count). The van der Waals surface area contributed by atoms with Crippen molar-refractivity contribution in [2.45, 2.75) is 13.3 Å². The summed E-state index contributed by atoms with van der Waals surface area (Å²) in [6.07, 6.45) is 5.43. The van der Waals surface area contributed by atoms with Gasteiger partial charge in [-0.05, 0) is 30.7 Å². The average molecular weight is 223 g/mol. The Kier molecular flexibility index (Phi) is 3.17. The van der Waals surface area contributed by atoms with Crippen molar-refractivity contribution < 1.29 is 0 Å². The van der Waals surface area contributed by atoms with Crippen molar-refractivity contribution in [3.63, 3.8) is 0 Å². The van der Waals surface area contributed by atoms with Gasteiger partial charge in [0.2, 0.25) is 0 Å². The minimum Gasteiger partial charge on any atom is -0.358 e. The number of halogens is 1. The topological polar surface area (TPSA) is 6.48 Å². The van der Waals surface area contributed by atoms with E-state index >= 15 is 0 Å².